The molecule has 0 radical (unpaired) electrons. The number of hydrogen-bond acceptors (Lipinski definition) is 3. The van der Waals surface area contributed by atoms with Gasteiger partial charge in [-0.15, -0.1) is 11.8 Å². The van der Waals surface area contributed by atoms with Gasteiger partial charge in [0.15, 0.2) is 0 Å². The number of rotatable bonds is 8. The quantitative estimate of drug-likeness (QED) is 0.673. The molecule has 1 aliphatic rings. The molecule has 0 aliphatic carbocycles. The molecule has 0 N–H and O–H groups in total. The summed E-state index contributed by atoms with van der Waals surface area (Å²) in [5.74, 6) is 0.667. The second-order valence-corrected chi connectivity index (χ2v) is 7.18. The van der Waals surface area contributed by atoms with Crippen molar-refractivity contribution in [2.75, 3.05) is 31.9 Å². The summed E-state index contributed by atoms with van der Waals surface area (Å²) >= 11 is 1.49. The van der Waals surface area contributed by atoms with E-state index in [1.807, 2.05) is 34.1 Å². The van der Waals surface area contributed by atoms with Gasteiger partial charge < -0.3 is 9.80 Å². The van der Waals surface area contributed by atoms with E-state index in [9.17, 15) is 9.59 Å². The minimum absolute atomic E-state index is 0.0791. The Morgan fingerprint density at radius 3 is 2.33 bits per heavy atom. The molecule has 1 heterocycles. The molecule has 4 nitrogen and oxygen atoms in total. The molecule has 0 aromatic heterocycles. The van der Waals surface area contributed by atoms with Crippen LogP contribution in [0.15, 0.2) is 29.2 Å². The maximum Gasteiger partial charge on any atom is 0.254 e. The fourth-order valence-corrected chi connectivity index (χ4v) is 3.94. The van der Waals surface area contributed by atoms with Crippen LogP contribution in [0.4, 0.5) is 0 Å². The average molecular weight is 349 g/mol. The molecule has 0 atom stereocenters. The predicted molar refractivity (Wildman–Crippen MR) is 99.5 cm³/mol. The highest BCUT2D eigenvalue weighted by atomic mass is 32.2. The maximum atomic E-state index is 12.9. The second kappa shape index (κ2) is 9.72. The van der Waals surface area contributed by atoms with Crippen LogP contribution in [0.2, 0.25) is 0 Å². The molecule has 5 heteroatoms. The minimum Gasteiger partial charge on any atom is -0.342 e. The predicted octanol–water partition coefficient (Wildman–Crippen LogP) is 3.66. The summed E-state index contributed by atoms with van der Waals surface area (Å²) in [5.41, 5.74) is 0.721. The zero-order chi connectivity index (χ0) is 17.4. The Kier molecular flexibility index (Phi) is 7.63. The van der Waals surface area contributed by atoms with Crippen LogP contribution in [0.1, 0.15) is 49.9 Å². The summed E-state index contributed by atoms with van der Waals surface area (Å²) in [6.45, 7) is 7.48. The normalized spacial score (nSPS) is 14.0. The van der Waals surface area contributed by atoms with E-state index < -0.39 is 0 Å². The summed E-state index contributed by atoms with van der Waals surface area (Å²) < 4.78 is 0. The van der Waals surface area contributed by atoms with Crippen LogP contribution in [-0.2, 0) is 4.79 Å². The Hall–Kier alpha value is -1.49. The van der Waals surface area contributed by atoms with Crippen molar-refractivity contribution < 1.29 is 9.59 Å². The van der Waals surface area contributed by atoms with Gasteiger partial charge in [0.05, 0.1) is 11.3 Å². The van der Waals surface area contributed by atoms with E-state index in [1.165, 1.54) is 11.8 Å². The van der Waals surface area contributed by atoms with Crippen molar-refractivity contribution in [2.45, 2.75) is 44.4 Å². The summed E-state index contributed by atoms with van der Waals surface area (Å²) in [5, 5.41) is 0. The molecule has 1 saturated heterocycles. The van der Waals surface area contributed by atoms with Crippen LogP contribution >= 0.6 is 11.8 Å². The topological polar surface area (TPSA) is 40.6 Å². The number of carbonyl (C=O) groups excluding carboxylic acids is 2. The maximum absolute atomic E-state index is 12.9. The van der Waals surface area contributed by atoms with E-state index in [0.717, 1.165) is 62.3 Å². The first-order valence-corrected chi connectivity index (χ1v) is 9.94. The Balaban J connectivity index is 2.05. The standard InChI is InChI=1S/C19H28N2O2S/c1-3-11-21(12-4-2)19(23)16-9-5-6-10-17(16)24-15-18(22)20-13-7-8-14-20/h5-6,9-10H,3-4,7-8,11-15H2,1-2H3. The van der Waals surface area contributed by atoms with Gasteiger partial charge in [-0.05, 0) is 37.8 Å². The van der Waals surface area contributed by atoms with Crippen LogP contribution in [0.5, 0.6) is 0 Å². The highest BCUT2D eigenvalue weighted by Crippen LogP contribution is 2.25. The van der Waals surface area contributed by atoms with Crippen molar-refractivity contribution in [1.29, 1.82) is 0 Å². The smallest absolute Gasteiger partial charge is 0.254 e. The van der Waals surface area contributed by atoms with Crippen molar-refractivity contribution in [3.8, 4) is 0 Å². The molecule has 132 valence electrons. The molecule has 0 bridgehead atoms. The van der Waals surface area contributed by atoms with E-state index >= 15 is 0 Å². The first-order valence-electron chi connectivity index (χ1n) is 8.96. The van der Waals surface area contributed by atoms with Gasteiger partial charge >= 0.3 is 0 Å². The minimum atomic E-state index is 0.0791. The molecule has 1 aromatic carbocycles. The lowest BCUT2D eigenvalue weighted by atomic mass is 10.2. The largest absolute Gasteiger partial charge is 0.342 e. The lowest BCUT2D eigenvalue weighted by Gasteiger charge is -2.23. The first kappa shape index (κ1) is 18.8. The van der Waals surface area contributed by atoms with Gasteiger partial charge in [-0.1, -0.05) is 26.0 Å². The zero-order valence-electron chi connectivity index (χ0n) is 14.8. The molecular formula is C19H28N2O2S. The molecule has 24 heavy (non-hydrogen) atoms. The Morgan fingerprint density at radius 2 is 1.71 bits per heavy atom. The van der Waals surface area contributed by atoms with Crippen molar-refractivity contribution in [2.24, 2.45) is 0 Å². The summed E-state index contributed by atoms with van der Waals surface area (Å²) in [6, 6.07) is 7.66. The SMILES string of the molecule is CCCN(CCC)C(=O)c1ccccc1SCC(=O)N1CCCC1. The molecule has 2 amide bonds. The van der Waals surface area contributed by atoms with Crippen LogP contribution in [0.3, 0.4) is 0 Å². The monoisotopic (exact) mass is 348 g/mol. The lowest BCUT2D eigenvalue weighted by Crippen LogP contribution is -2.33. The Labute approximate surface area is 149 Å². The second-order valence-electron chi connectivity index (χ2n) is 6.16. The Bertz CT molecular complexity index is 550. The van der Waals surface area contributed by atoms with Crippen LogP contribution in [-0.4, -0.2) is 53.5 Å². The third-order valence-electron chi connectivity index (χ3n) is 4.20. The number of carbonyl (C=O) groups is 2. The highest BCUT2D eigenvalue weighted by Gasteiger charge is 2.21. The highest BCUT2D eigenvalue weighted by molar-refractivity contribution is 8.00. The number of thioether (sulfide) groups is 1. The van der Waals surface area contributed by atoms with Crippen molar-refractivity contribution in [3.63, 3.8) is 0 Å². The fourth-order valence-electron chi connectivity index (χ4n) is 2.99. The van der Waals surface area contributed by atoms with Gasteiger partial charge in [-0.2, -0.15) is 0 Å². The number of likely N-dealkylation sites (tertiary alicyclic amines) is 1. The van der Waals surface area contributed by atoms with E-state index in [1.54, 1.807) is 0 Å². The van der Waals surface area contributed by atoms with Gasteiger partial charge in [0.25, 0.3) is 5.91 Å². The van der Waals surface area contributed by atoms with Crippen molar-refractivity contribution >= 4 is 23.6 Å². The first-order chi connectivity index (χ1) is 11.7. The average Bonchev–Trinajstić information content (AvgIpc) is 3.14. The fraction of sp³-hybridized carbons (Fsp3) is 0.579. The van der Waals surface area contributed by atoms with E-state index in [4.69, 9.17) is 0 Å². The van der Waals surface area contributed by atoms with E-state index in [-0.39, 0.29) is 11.8 Å². The van der Waals surface area contributed by atoms with Gasteiger partial charge in [-0.25, -0.2) is 0 Å². The zero-order valence-corrected chi connectivity index (χ0v) is 15.6. The molecule has 2 rings (SSSR count). The van der Waals surface area contributed by atoms with Gasteiger partial charge in [0.1, 0.15) is 0 Å². The molecular weight excluding hydrogens is 320 g/mol. The summed E-state index contributed by atoms with van der Waals surface area (Å²) in [6.07, 6.45) is 4.12. The molecule has 0 saturated carbocycles. The molecule has 1 aromatic rings. The lowest BCUT2D eigenvalue weighted by molar-refractivity contribution is -0.127. The Morgan fingerprint density at radius 1 is 1.08 bits per heavy atom. The third kappa shape index (κ3) is 5.00. The van der Waals surface area contributed by atoms with Gasteiger partial charge in [0.2, 0.25) is 5.91 Å². The van der Waals surface area contributed by atoms with Gasteiger partial charge in [-0.3, -0.25) is 9.59 Å². The number of amides is 2. The van der Waals surface area contributed by atoms with Crippen LogP contribution in [0.25, 0.3) is 0 Å². The van der Waals surface area contributed by atoms with Crippen LogP contribution < -0.4 is 0 Å². The van der Waals surface area contributed by atoms with Crippen LogP contribution in [0, 0.1) is 0 Å². The number of benzene rings is 1. The summed E-state index contributed by atoms with van der Waals surface area (Å²) in [4.78, 5) is 29.9. The molecule has 1 aliphatic heterocycles. The summed E-state index contributed by atoms with van der Waals surface area (Å²) in [7, 11) is 0. The third-order valence-corrected chi connectivity index (χ3v) is 5.26. The molecule has 0 unspecified atom stereocenters. The van der Waals surface area contributed by atoms with Crippen molar-refractivity contribution in [1.82, 2.24) is 9.80 Å². The number of nitrogens with zero attached hydrogens (tertiary/aromatic N) is 2. The molecule has 0 spiro atoms. The van der Waals surface area contributed by atoms with Crippen molar-refractivity contribution in [3.05, 3.63) is 29.8 Å². The molecule has 1 fully saturated rings. The van der Waals surface area contributed by atoms with E-state index in [0.29, 0.717) is 5.75 Å². The number of hydrogen-bond donors (Lipinski definition) is 0. The van der Waals surface area contributed by atoms with E-state index in [2.05, 4.69) is 13.8 Å². The van der Waals surface area contributed by atoms with Gasteiger partial charge in [0, 0.05) is 31.1 Å².